The summed E-state index contributed by atoms with van der Waals surface area (Å²) in [6.45, 7) is 2.11. The molecule has 0 saturated carbocycles. The number of rotatable bonds is 6. The standard InChI is InChI=1S/C23H21FN4S/c1-15(16-6-4-3-5-7-16)26-20-14-18(12-13-25-20)22-21(27-23(28-22)29-2)17-8-10-19(24)11-9-17/h3-15H,1-2H3,(H,25,26)(H,27,28). The lowest BCUT2D eigenvalue weighted by molar-refractivity contribution is 0.628. The third-order valence-electron chi connectivity index (χ3n) is 4.71. The molecule has 0 aliphatic heterocycles. The highest BCUT2D eigenvalue weighted by molar-refractivity contribution is 7.98. The van der Waals surface area contributed by atoms with Gasteiger partial charge in [-0.05, 0) is 55.1 Å². The Morgan fingerprint density at radius 3 is 2.48 bits per heavy atom. The lowest BCUT2D eigenvalue weighted by Crippen LogP contribution is -2.07. The topological polar surface area (TPSA) is 53.6 Å². The van der Waals surface area contributed by atoms with E-state index in [1.807, 2.05) is 36.6 Å². The number of aromatic amines is 1. The molecule has 4 aromatic rings. The second-order valence-corrected chi connectivity index (χ2v) is 7.48. The summed E-state index contributed by atoms with van der Waals surface area (Å²) in [7, 11) is 0. The molecular formula is C23H21FN4S. The van der Waals surface area contributed by atoms with Crippen LogP contribution in [-0.4, -0.2) is 21.2 Å². The largest absolute Gasteiger partial charge is 0.364 e. The van der Waals surface area contributed by atoms with Gasteiger partial charge in [-0.15, -0.1) is 0 Å². The fourth-order valence-corrected chi connectivity index (χ4v) is 3.57. The Bertz CT molecular complexity index is 1090. The van der Waals surface area contributed by atoms with Crippen molar-refractivity contribution in [2.45, 2.75) is 18.1 Å². The minimum Gasteiger partial charge on any atom is -0.364 e. The maximum Gasteiger partial charge on any atom is 0.166 e. The van der Waals surface area contributed by atoms with E-state index in [0.717, 1.165) is 33.5 Å². The fraction of sp³-hybridized carbons (Fsp3) is 0.130. The van der Waals surface area contributed by atoms with Gasteiger partial charge in [0.25, 0.3) is 0 Å². The molecule has 2 heterocycles. The number of H-pyrrole nitrogens is 1. The van der Waals surface area contributed by atoms with Gasteiger partial charge in [0.1, 0.15) is 11.6 Å². The van der Waals surface area contributed by atoms with E-state index in [1.54, 1.807) is 18.3 Å². The number of hydrogen-bond donors (Lipinski definition) is 2. The van der Waals surface area contributed by atoms with Crippen LogP contribution in [0.2, 0.25) is 0 Å². The van der Waals surface area contributed by atoms with Gasteiger partial charge in [-0.25, -0.2) is 14.4 Å². The van der Waals surface area contributed by atoms with E-state index < -0.39 is 0 Å². The second-order valence-electron chi connectivity index (χ2n) is 6.68. The number of halogens is 1. The van der Waals surface area contributed by atoms with Crippen LogP contribution in [0, 0.1) is 5.82 Å². The van der Waals surface area contributed by atoms with Gasteiger partial charge in [-0.1, -0.05) is 42.1 Å². The third kappa shape index (κ3) is 4.32. The number of aromatic nitrogens is 3. The molecule has 2 N–H and O–H groups in total. The smallest absolute Gasteiger partial charge is 0.166 e. The van der Waals surface area contributed by atoms with Gasteiger partial charge in [0, 0.05) is 23.4 Å². The molecule has 1 unspecified atom stereocenters. The van der Waals surface area contributed by atoms with E-state index >= 15 is 0 Å². The normalized spacial score (nSPS) is 12.0. The maximum atomic E-state index is 13.4. The number of hydrogen-bond acceptors (Lipinski definition) is 4. The highest BCUT2D eigenvalue weighted by atomic mass is 32.2. The van der Waals surface area contributed by atoms with Crippen LogP contribution in [0.15, 0.2) is 78.1 Å². The summed E-state index contributed by atoms with van der Waals surface area (Å²) in [5.41, 5.74) is 4.70. The first-order valence-corrected chi connectivity index (χ1v) is 10.5. The predicted octanol–water partition coefficient (Wildman–Crippen LogP) is 6.17. The number of anilines is 1. The zero-order valence-electron chi connectivity index (χ0n) is 16.2. The molecule has 0 aliphatic carbocycles. The highest BCUT2D eigenvalue weighted by Gasteiger charge is 2.15. The Morgan fingerprint density at radius 1 is 1.00 bits per heavy atom. The molecule has 2 aromatic carbocycles. The van der Waals surface area contributed by atoms with Crippen molar-refractivity contribution in [2.24, 2.45) is 0 Å². The van der Waals surface area contributed by atoms with Gasteiger partial charge >= 0.3 is 0 Å². The van der Waals surface area contributed by atoms with Crippen molar-refractivity contribution in [2.75, 3.05) is 11.6 Å². The zero-order chi connectivity index (χ0) is 20.2. The van der Waals surface area contributed by atoms with Gasteiger partial charge in [0.2, 0.25) is 0 Å². The Balaban J connectivity index is 1.68. The van der Waals surface area contributed by atoms with Crippen LogP contribution in [0.1, 0.15) is 18.5 Å². The predicted molar refractivity (Wildman–Crippen MR) is 117 cm³/mol. The van der Waals surface area contributed by atoms with E-state index in [0.29, 0.717) is 0 Å². The van der Waals surface area contributed by atoms with Crippen molar-refractivity contribution in [3.63, 3.8) is 0 Å². The summed E-state index contributed by atoms with van der Waals surface area (Å²) in [5, 5.41) is 4.26. The molecule has 0 spiro atoms. The summed E-state index contributed by atoms with van der Waals surface area (Å²) >= 11 is 1.54. The quantitative estimate of drug-likeness (QED) is 0.377. The molecule has 146 valence electrons. The van der Waals surface area contributed by atoms with Crippen molar-refractivity contribution in [1.29, 1.82) is 0 Å². The highest BCUT2D eigenvalue weighted by Crippen LogP contribution is 2.33. The van der Waals surface area contributed by atoms with E-state index in [1.165, 1.54) is 29.5 Å². The second kappa shape index (κ2) is 8.49. The van der Waals surface area contributed by atoms with E-state index in [-0.39, 0.29) is 11.9 Å². The monoisotopic (exact) mass is 404 g/mol. The summed E-state index contributed by atoms with van der Waals surface area (Å²) in [6.07, 6.45) is 3.75. The number of benzene rings is 2. The molecule has 0 bridgehead atoms. The summed E-state index contributed by atoms with van der Waals surface area (Å²) < 4.78 is 13.4. The number of pyridine rings is 1. The van der Waals surface area contributed by atoms with E-state index in [9.17, 15) is 4.39 Å². The number of imidazole rings is 1. The number of thioether (sulfide) groups is 1. The molecule has 4 nitrogen and oxygen atoms in total. The lowest BCUT2D eigenvalue weighted by atomic mass is 10.1. The van der Waals surface area contributed by atoms with Crippen LogP contribution in [0.5, 0.6) is 0 Å². The molecule has 6 heteroatoms. The molecule has 1 atom stereocenters. The maximum absolute atomic E-state index is 13.4. The van der Waals surface area contributed by atoms with Crippen molar-refractivity contribution in [1.82, 2.24) is 15.0 Å². The van der Waals surface area contributed by atoms with Crippen molar-refractivity contribution in [3.05, 3.63) is 84.3 Å². The third-order valence-corrected chi connectivity index (χ3v) is 5.29. The summed E-state index contributed by atoms with van der Waals surface area (Å²) in [6, 6.07) is 20.7. The van der Waals surface area contributed by atoms with E-state index in [4.69, 9.17) is 0 Å². The summed E-state index contributed by atoms with van der Waals surface area (Å²) in [4.78, 5) is 12.5. The van der Waals surface area contributed by atoms with Crippen molar-refractivity contribution in [3.8, 4) is 22.5 Å². The SMILES string of the molecule is CSc1nc(-c2ccc(F)cc2)c(-c2ccnc(NC(C)c3ccccc3)c2)[nH]1. The molecule has 0 radical (unpaired) electrons. The molecular weight excluding hydrogens is 383 g/mol. The lowest BCUT2D eigenvalue weighted by Gasteiger charge is -2.15. The Hall–Kier alpha value is -3.12. The van der Waals surface area contributed by atoms with Crippen molar-refractivity contribution < 1.29 is 4.39 Å². The van der Waals surface area contributed by atoms with Crippen molar-refractivity contribution >= 4 is 17.6 Å². The first kappa shape index (κ1) is 19.2. The van der Waals surface area contributed by atoms with E-state index in [2.05, 4.69) is 39.3 Å². The van der Waals surface area contributed by atoms with Gasteiger partial charge in [0.05, 0.1) is 11.4 Å². The first-order chi connectivity index (χ1) is 14.1. The van der Waals surface area contributed by atoms with Crippen LogP contribution >= 0.6 is 11.8 Å². The first-order valence-electron chi connectivity index (χ1n) is 9.32. The minimum absolute atomic E-state index is 0.124. The van der Waals surface area contributed by atoms with Gasteiger partial charge in [0.15, 0.2) is 5.16 Å². The van der Waals surface area contributed by atoms with Gasteiger partial charge in [-0.3, -0.25) is 0 Å². The van der Waals surface area contributed by atoms with Crippen LogP contribution < -0.4 is 5.32 Å². The Labute approximate surface area is 173 Å². The molecule has 0 saturated heterocycles. The van der Waals surface area contributed by atoms with Crippen LogP contribution in [0.4, 0.5) is 10.2 Å². The molecule has 29 heavy (non-hydrogen) atoms. The number of nitrogens with zero attached hydrogens (tertiary/aromatic N) is 2. The van der Waals surface area contributed by atoms with Crippen LogP contribution in [0.3, 0.4) is 0 Å². The molecule has 0 fully saturated rings. The average molecular weight is 405 g/mol. The molecule has 0 amide bonds. The molecule has 4 rings (SSSR count). The fourth-order valence-electron chi connectivity index (χ4n) is 3.19. The zero-order valence-corrected chi connectivity index (χ0v) is 17.0. The number of nitrogens with one attached hydrogen (secondary N) is 2. The summed E-state index contributed by atoms with van der Waals surface area (Å²) in [5.74, 6) is 0.519. The molecule has 0 aliphatic rings. The van der Waals surface area contributed by atoms with Gasteiger partial charge in [-0.2, -0.15) is 0 Å². The molecule has 2 aromatic heterocycles. The van der Waals surface area contributed by atoms with Crippen LogP contribution in [0.25, 0.3) is 22.5 Å². The van der Waals surface area contributed by atoms with Gasteiger partial charge < -0.3 is 10.3 Å². The average Bonchev–Trinajstić information content (AvgIpc) is 3.20. The Kier molecular flexibility index (Phi) is 5.62. The van der Waals surface area contributed by atoms with Crippen LogP contribution in [-0.2, 0) is 0 Å². The Morgan fingerprint density at radius 2 is 1.76 bits per heavy atom. The minimum atomic E-state index is -0.263.